The van der Waals surface area contributed by atoms with E-state index in [0.717, 1.165) is 5.56 Å². The normalized spacial score (nSPS) is 12.2. The van der Waals surface area contributed by atoms with E-state index in [4.69, 9.17) is 16.6 Å². The van der Waals surface area contributed by atoms with Crippen LogP contribution in [0, 0.1) is 15.7 Å². The van der Waals surface area contributed by atoms with Gasteiger partial charge in [0.05, 0.1) is 5.56 Å². The van der Waals surface area contributed by atoms with E-state index < -0.39 is 5.41 Å². The van der Waals surface area contributed by atoms with Crippen LogP contribution >= 0.6 is 12.2 Å². The monoisotopic (exact) mass is 376 g/mol. The van der Waals surface area contributed by atoms with Crippen molar-refractivity contribution in [2.45, 2.75) is 54.6 Å². The van der Waals surface area contributed by atoms with Gasteiger partial charge in [0.2, 0.25) is 18.2 Å². The molecule has 2 rings (SSSR count). The lowest BCUT2D eigenvalue weighted by Gasteiger charge is -2.15. The van der Waals surface area contributed by atoms with Crippen LogP contribution in [0.2, 0.25) is 0 Å². The maximum Gasteiger partial charge on any atom is 0.287 e. The van der Waals surface area contributed by atoms with E-state index in [1.807, 2.05) is 58.2 Å². The van der Waals surface area contributed by atoms with Crippen molar-refractivity contribution in [3.8, 4) is 11.5 Å². The lowest BCUT2D eigenvalue weighted by molar-refractivity contribution is -0.684. The summed E-state index contributed by atoms with van der Waals surface area (Å²) in [6, 6.07) is 3.62. The van der Waals surface area contributed by atoms with Gasteiger partial charge in [0, 0.05) is 23.0 Å². The number of carbonyl (C=O) groups is 2. The number of aromatic nitrogens is 3. The summed E-state index contributed by atoms with van der Waals surface area (Å²) in [6.45, 7) is 11.7. The van der Waals surface area contributed by atoms with Crippen LogP contribution in [0.4, 0.5) is 0 Å². The minimum Gasteiger partial charge on any atom is -0.409 e. The summed E-state index contributed by atoms with van der Waals surface area (Å²) >= 11 is 5.17. The third-order valence-corrected chi connectivity index (χ3v) is 4.33. The largest absolute Gasteiger partial charge is 0.409 e. The molecule has 0 radical (unpaired) electrons. The number of rotatable bonds is 5. The van der Waals surface area contributed by atoms with Crippen molar-refractivity contribution in [3.63, 3.8) is 0 Å². The van der Waals surface area contributed by atoms with Gasteiger partial charge in [-0.2, -0.15) is 4.57 Å². The molecule has 0 amide bonds. The van der Waals surface area contributed by atoms with Crippen LogP contribution in [0.5, 0.6) is 0 Å². The Balaban J connectivity index is 2.17. The number of nitrogens with zero attached hydrogens (tertiary/aromatic N) is 3. The summed E-state index contributed by atoms with van der Waals surface area (Å²) in [5.74, 6) is 0.531. The van der Waals surface area contributed by atoms with Gasteiger partial charge in [0.1, 0.15) is 6.54 Å². The quantitative estimate of drug-likeness (QED) is 0.591. The Morgan fingerprint density at radius 3 is 2.12 bits per heavy atom. The molecule has 2 aromatic heterocycles. The summed E-state index contributed by atoms with van der Waals surface area (Å²) in [5, 5.41) is 4.31. The molecule has 0 N–H and O–H groups in total. The predicted molar refractivity (Wildman–Crippen MR) is 99.9 cm³/mol. The molecule has 7 heteroatoms. The van der Waals surface area contributed by atoms with Gasteiger partial charge >= 0.3 is 0 Å². The molecule has 2 heterocycles. The minimum atomic E-state index is -0.467. The Morgan fingerprint density at radius 1 is 1.08 bits per heavy atom. The third kappa shape index (κ3) is 4.94. The molecule has 0 aliphatic carbocycles. The fourth-order valence-corrected chi connectivity index (χ4v) is 2.19. The first-order chi connectivity index (χ1) is 11.9. The van der Waals surface area contributed by atoms with Crippen molar-refractivity contribution in [2.75, 3.05) is 0 Å². The molecule has 0 aromatic carbocycles. The molecule has 0 saturated carbocycles. The second-order valence-electron chi connectivity index (χ2n) is 8.44. The smallest absolute Gasteiger partial charge is 0.287 e. The van der Waals surface area contributed by atoms with Gasteiger partial charge in [0.25, 0.3) is 4.84 Å². The van der Waals surface area contributed by atoms with Gasteiger partial charge in [0.15, 0.2) is 18.2 Å². The lowest BCUT2D eigenvalue weighted by atomic mass is 9.91. The third-order valence-electron chi connectivity index (χ3n) is 4.04. The minimum absolute atomic E-state index is 0.0278. The highest BCUT2D eigenvalue weighted by molar-refractivity contribution is 7.71. The maximum absolute atomic E-state index is 12.2. The van der Waals surface area contributed by atoms with Crippen molar-refractivity contribution >= 4 is 23.8 Å². The molecule has 0 unspecified atom stereocenters. The van der Waals surface area contributed by atoms with Crippen LogP contribution in [0.15, 0.2) is 28.9 Å². The fourth-order valence-electron chi connectivity index (χ4n) is 2.00. The molecule has 0 atom stereocenters. The summed E-state index contributed by atoms with van der Waals surface area (Å²) in [5.41, 5.74) is -0.111. The fraction of sp³-hybridized carbons (Fsp3) is 0.526. The van der Waals surface area contributed by atoms with Crippen LogP contribution in [0.25, 0.3) is 11.5 Å². The molecular weight excluding hydrogens is 350 g/mol. The van der Waals surface area contributed by atoms with Gasteiger partial charge < -0.3 is 4.42 Å². The molecule has 0 fully saturated rings. The zero-order chi connectivity index (χ0) is 19.7. The molecule has 140 valence electrons. The van der Waals surface area contributed by atoms with Gasteiger partial charge in [-0.25, -0.2) is 4.68 Å². The number of Topliss-reactive ketones (excluding diaryl/α,β-unsaturated/α-hetero) is 2. The number of hydrogen-bond acceptors (Lipinski definition) is 5. The standard InChI is InChI=1S/C19H26N3O3S/c1-18(2,3)14(23)11-21-9-7-13(8-10-21)16-20-22(17(26)25-16)12-15(24)19(4,5)6/h7-10H,11-12H2,1-6H3/q+1. The second kappa shape index (κ2) is 7.23. The average molecular weight is 377 g/mol. The van der Waals surface area contributed by atoms with Crippen LogP contribution in [0.1, 0.15) is 41.5 Å². The van der Waals surface area contributed by atoms with Crippen molar-refractivity contribution in [1.82, 2.24) is 9.78 Å². The zero-order valence-corrected chi connectivity index (χ0v) is 17.0. The zero-order valence-electron chi connectivity index (χ0n) is 16.2. The van der Waals surface area contributed by atoms with Crippen molar-refractivity contribution < 1.29 is 18.6 Å². The van der Waals surface area contributed by atoms with Crippen LogP contribution < -0.4 is 4.57 Å². The first kappa shape index (κ1) is 20.2. The molecule has 0 aliphatic rings. The molecule has 0 saturated heterocycles. The molecule has 0 aliphatic heterocycles. The van der Waals surface area contributed by atoms with Crippen molar-refractivity contribution in [2.24, 2.45) is 10.8 Å². The van der Waals surface area contributed by atoms with E-state index in [1.165, 1.54) is 4.68 Å². The average Bonchev–Trinajstić information content (AvgIpc) is 2.87. The number of hydrogen-bond donors (Lipinski definition) is 0. The van der Waals surface area contributed by atoms with Gasteiger partial charge in [-0.1, -0.05) is 41.5 Å². The summed E-state index contributed by atoms with van der Waals surface area (Å²) in [4.78, 5) is 24.5. The first-order valence-corrected chi connectivity index (χ1v) is 8.93. The number of pyridine rings is 1. The maximum atomic E-state index is 12.2. The van der Waals surface area contributed by atoms with E-state index in [9.17, 15) is 9.59 Å². The summed E-state index contributed by atoms with van der Waals surface area (Å²) in [7, 11) is 0. The topological polar surface area (TPSA) is 69.0 Å². The van der Waals surface area contributed by atoms with E-state index in [1.54, 1.807) is 12.4 Å². The predicted octanol–water partition coefficient (Wildman–Crippen LogP) is 3.39. The Labute approximate surface area is 158 Å². The second-order valence-corrected chi connectivity index (χ2v) is 8.79. The van der Waals surface area contributed by atoms with Crippen LogP contribution in [0.3, 0.4) is 0 Å². The highest BCUT2D eigenvalue weighted by atomic mass is 32.1. The van der Waals surface area contributed by atoms with Crippen molar-refractivity contribution in [3.05, 3.63) is 29.4 Å². The highest BCUT2D eigenvalue weighted by Gasteiger charge is 2.25. The summed E-state index contributed by atoms with van der Waals surface area (Å²) < 4.78 is 8.74. The number of ketones is 2. The van der Waals surface area contributed by atoms with E-state index in [-0.39, 0.29) is 28.4 Å². The SMILES string of the molecule is CC(C)(C)C(=O)Cn1nc(-c2cc[n+](CC(=O)C(C)(C)C)cc2)oc1=S. The Hall–Kier alpha value is -2.15. The van der Waals surface area contributed by atoms with Gasteiger partial charge in [-0.15, -0.1) is 5.10 Å². The Morgan fingerprint density at radius 2 is 1.62 bits per heavy atom. The van der Waals surface area contributed by atoms with Crippen LogP contribution in [-0.4, -0.2) is 21.3 Å². The van der Waals surface area contributed by atoms with Crippen molar-refractivity contribution in [1.29, 1.82) is 0 Å². The Bertz CT molecular complexity index is 865. The van der Waals surface area contributed by atoms with E-state index >= 15 is 0 Å². The first-order valence-electron chi connectivity index (χ1n) is 8.52. The Kier molecular flexibility index (Phi) is 5.61. The molecule has 6 nitrogen and oxygen atoms in total. The van der Waals surface area contributed by atoms with E-state index in [0.29, 0.717) is 12.4 Å². The highest BCUT2D eigenvalue weighted by Crippen LogP contribution is 2.19. The number of carbonyl (C=O) groups excluding carboxylic acids is 2. The lowest BCUT2D eigenvalue weighted by Crippen LogP contribution is -2.41. The molecule has 0 bridgehead atoms. The van der Waals surface area contributed by atoms with Gasteiger partial charge in [-0.05, 0) is 12.2 Å². The molecule has 2 aromatic rings. The van der Waals surface area contributed by atoms with E-state index in [2.05, 4.69) is 5.10 Å². The summed E-state index contributed by atoms with van der Waals surface area (Å²) in [6.07, 6.45) is 3.60. The van der Waals surface area contributed by atoms with Crippen LogP contribution in [-0.2, 0) is 22.7 Å². The van der Waals surface area contributed by atoms with Gasteiger partial charge in [-0.3, -0.25) is 9.59 Å². The molecule has 0 spiro atoms. The molecule has 26 heavy (non-hydrogen) atoms. The molecular formula is C19H26N3O3S+.